The molecule has 0 bridgehead atoms. The van der Waals surface area contributed by atoms with Gasteiger partial charge in [-0.05, 0) is 35.9 Å². The first-order valence-electron chi connectivity index (χ1n) is 8.08. The van der Waals surface area contributed by atoms with E-state index in [9.17, 15) is 14.4 Å². The van der Waals surface area contributed by atoms with Crippen LogP contribution in [0.25, 0.3) is 10.9 Å². The highest BCUT2D eigenvalue weighted by Gasteiger charge is 2.11. The van der Waals surface area contributed by atoms with E-state index in [4.69, 9.17) is 0 Å². The third-order valence-corrected chi connectivity index (χ3v) is 3.98. The lowest BCUT2D eigenvalue weighted by Gasteiger charge is -2.04. The van der Waals surface area contributed by atoms with E-state index in [0.717, 1.165) is 5.56 Å². The molecular weight excluding hydrogens is 348 g/mol. The summed E-state index contributed by atoms with van der Waals surface area (Å²) in [5.74, 6) is -0.0128. The van der Waals surface area contributed by atoms with E-state index in [1.165, 1.54) is 18.2 Å². The fourth-order valence-corrected chi connectivity index (χ4v) is 2.69. The second-order valence-corrected chi connectivity index (χ2v) is 5.88. The number of H-pyrrole nitrogens is 2. The highest BCUT2D eigenvalue weighted by Crippen LogP contribution is 2.12. The smallest absolute Gasteiger partial charge is 0.307 e. The maximum absolute atomic E-state index is 12.5. The molecule has 4 rings (SSSR count). The van der Waals surface area contributed by atoms with Gasteiger partial charge < -0.3 is 10.3 Å². The van der Waals surface area contributed by atoms with Crippen LogP contribution in [0.4, 0.5) is 5.82 Å². The Morgan fingerprint density at radius 2 is 1.89 bits per heavy atom. The number of aromatic nitrogens is 5. The molecule has 0 atom stereocenters. The molecule has 0 aliphatic heterocycles. The fourth-order valence-electron chi connectivity index (χ4n) is 2.69. The van der Waals surface area contributed by atoms with Gasteiger partial charge in [-0.3, -0.25) is 24.2 Å². The Balaban J connectivity index is 1.53. The van der Waals surface area contributed by atoms with Gasteiger partial charge in [-0.15, -0.1) is 0 Å². The normalized spacial score (nSPS) is 10.8. The summed E-state index contributed by atoms with van der Waals surface area (Å²) < 4.78 is 1.70. The standard InChI is InChI=1S/C18H14N6O3/c25-16(12-1-2-14-13(9-12)17(26)22-18(27)20-14)21-15-5-8-24(23-15)10-11-3-6-19-7-4-11/h1-9H,10H2,(H,21,23,25)(H2,20,22,26,27). The number of rotatable bonds is 4. The molecule has 3 N–H and O–H groups in total. The number of aromatic amines is 2. The summed E-state index contributed by atoms with van der Waals surface area (Å²) >= 11 is 0. The number of hydrogen-bond donors (Lipinski definition) is 3. The molecule has 9 heteroatoms. The predicted octanol–water partition coefficient (Wildman–Crippen LogP) is 1.11. The van der Waals surface area contributed by atoms with Gasteiger partial charge in [-0.1, -0.05) is 0 Å². The number of carbonyl (C=O) groups excluding carboxylic acids is 1. The monoisotopic (exact) mass is 362 g/mol. The van der Waals surface area contributed by atoms with Crippen LogP contribution in [0.2, 0.25) is 0 Å². The molecule has 3 aromatic heterocycles. The number of nitrogens with one attached hydrogen (secondary N) is 3. The average Bonchev–Trinajstić information content (AvgIpc) is 3.09. The Bertz CT molecular complexity index is 1240. The van der Waals surface area contributed by atoms with Crippen molar-refractivity contribution >= 4 is 22.6 Å². The van der Waals surface area contributed by atoms with Crippen molar-refractivity contribution in [1.29, 1.82) is 0 Å². The molecule has 0 aliphatic rings. The molecule has 134 valence electrons. The average molecular weight is 362 g/mol. The molecule has 27 heavy (non-hydrogen) atoms. The van der Waals surface area contributed by atoms with Crippen molar-refractivity contribution in [2.24, 2.45) is 0 Å². The van der Waals surface area contributed by atoms with Crippen LogP contribution in [0, 0.1) is 0 Å². The zero-order valence-electron chi connectivity index (χ0n) is 14.0. The Morgan fingerprint density at radius 3 is 2.70 bits per heavy atom. The molecule has 0 saturated carbocycles. The molecule has 1 aromatic carbocycles. The number of amides is 1. The molecule has 0 saturated heterocycles. The minimum atomic E-state index is -0.593. The minimum Gasteiger partial charge on any atom is -0.307 e. The van der Waals surface area contributed by atoms with E-state index >= 15 is 0 Å². The Labute approximate surface area is 151 Å². The van der Waals surface area contributed by atoms with Crippen LogP contribution in [0.3, 0.4) is 0 Å². The summed E-state index contributed by atoms with van der Waals surface area (Å²) in [5.41, 5.74) is 0.536. The molecule has 0 fully saturated rings. The van der Waals surface area contributed by atoms with E-state index < -0.39 is 17.2 Å². The summed E-state index contributed by atoms with van der Waals surface area (Å²) in [5, 5.41) is 7.23. The van der Waals surface area contributed by atoms with Gasteiger partial charge in [0, 0.05) is 30.2 Å². The zero-order valence-corrected chi connectivity index (χ0v) is 14.0. The lowest BCUT2D eigenvalue weighted by molar-refractivity contribution is 0.102. The van der Waals surface area contributed by atoms with Crippen molar-refractivity contribution < 1.29 is 4.79 Å². The predicted molar refractivity (Wildman–Crippen MR) is 98.7 cm³/mol. The molecule has 4 aromatic rings. The van der Waals surface area contributed by atoms with Crippen molar-refractivity contribution in [2.75, 3.05) is 5.32 Å². The lowest BCUT2D eigenvalue weighted by atomic mass is 10.1. The third kappa shape index (κ3) is 3.52. The van der Waals surface area contributed by atoms with Crippen LogP contribution in [0.1, 0.15) is 15.9 Å². The van der Waals surface area contributed by atoms with Crippen molar-refractivity contribution in [3.8, 4) is 0 Å². The van der Waals surface area contributed by atoms with Crippen molar-refractivity contribution in [1.82, 2.24) is 24.7 Å². The van der Waals surface area contributed by atoms with Gasteiger partial charge in [-0.25, -0.2) is 4.79 Å². The van der Waals surface area contributed by atoms with Gasteiger partial charge in [0.15, 0.2) is 5.82 Å². The van der Waals surface area contributed by atoms with E-state index in [1.54, 1.807) is 29.3 Å². The van der Waals surface area contributed by atoms with Crippen LogP contribution in [0.5, 0.6) is 0 Å². The third-order valence-electron chi connectivity index (χ3n) is 3.98. The fraction of sp³-hybridized carbons (Fsp3) is 0.0556. The first-order valence-corrected chi connectivity index (χ1v) is 8.08. The maximum atomic E-state index is 12.5. The Kier molecular flexibility index (Phi) is 4.09. The van der Waals surface area contributed by atoms with Crippen molar-refractivity contribution in [2.45, 2.75) is 6.54 Å². The van der Waals surface area contributed by atoms with E-state index in [1.807, 2.05) is 12.1 Å². The van der Waals surface area contributed by atoms with Gasteiger partial charge in [0.25, 0.3) is 11.5 Å². The number of carbonyl (C=O) groups is 1. The highest BCUT2D eigenvalue weighted by molar-refractivity contribution is 6.05. The second kappa shape index (κ2) is 6.71. The van der Waals surface area contributed by atoms with Gasteiger partial charge in [0.1, 0.15) is 0 Å². The van der Waals surface area contributed by atoms with Crippen molar-refractivity contribution in [3.05, 3.63) is 87.0 Å². The quantitative estimate of drug-likeness (QED) is 0.501. The summed E-state index contributed by atoms with van der Waals surface area (Å²) in [6, 6.07) is 9.93. The maximum Gasteiger partial charge on any atom is 0.326 e. The highest BCUT2D eigenvalue weighted by atomic mass is 16.2. The first-order chi connectivity index (χ1) is 13.1. The van der Waals surface area contributed by atoms with E-state index in [-0.39, 0.29) is 10.9 Å². The molecule has 9 nitrogen and oxygen atoms in total. The lowest BCUT2D eigenvalue weighted by Crippen LogP contribution is -2.22. The number of anilines is 1. The molecule has 0 unspecified atom stereocenters. The minimum absolute atomic E-state index is 0.227. The number of hydrogen-bond acceptors (Lipinski definition) is 5. The molecule has 1 amide bonds. The molecule has 0 aliphatic carbocycles. The molecule has 3 heterocycles. The van der Waals surface area contributed by atoms with E-state index in [0.29, 0.717) is 17.9 Å². The van der Waals surface area contributed by atoms with Gasteiger partial charge in [-0.2, -0.15) is 5.10 Å². The largest absolute Gasteiger partial charge is 0.326 e. The zero-order chi connectivity index (χ0) is 18.8. The second-order valence-electron chi connectivity index (χ2n) is 5.88. The van der Waals surface area contributed by atoms with Gasteiger partial charge >= 0.3 is 5.69 Å². The molecular formula is C18H14N6O3. The van der Waals surface area contributed by atoms with Crippen LogP contribution < -0.4 is 16.6 Å². The van der Waals surface area contributed by atoms with E-state index in [2.05, 4.69) is 25.4 Å². The van der Waals surface area contributed by atoms with Crippen molar-refractivity contribution in [3.63, 3.8) is 0 Å². The SMILES string of the molecule is O=C(Nc1ccn(Cc2ccncc2)n1)c1ccc2[nH]c(=O)[nH]c(=O)c2c1. The van der Waals surface area contributed by atoms with Gasteiger partial charge in [0.05, 0.1) is 17.4 Å². The topological polar surface area (TPSA) is 126 Å². The Hall–Kier alpha value is -4.01. The number of nitrogens with zero attached hydrogens (tertiary/aromatic N) is 3. The summed E-state index contributed by atoms with van der Waals surface area (Å²) in [4.78, 5) is 44.2. The number of fused-ring (bicyclic) bond motifs is 1. The number of benzene rings is 1. The van der Waals surface area contributed by atoms with Crippen LogP contribution in [-0.2, 0) is 6.54 Å². The summed E-state index contributed by atoms with van der Waals surface area (Å²) in [7, 11) is 0. The summed E-state index contributed by atoms with van der Waals surface area (Å²) in [6.07, 6.45) is 5.16. The van der Waals surface area contributed by atoms with Gasteiger partial charge in [0.2, 0.25) is 0 Å². The summed E-state index contributed by atoms with van der Waals surface area (Å²) in [6.45, 7) is 0.553. The van der Waals surface area contributed by atoms with Crippen LogP contribution >= 0.6 is 0 Å². The molecule has 0 radical (unpaired) electrons. The first kappa shape index (κ1) is 16.5. The van der Waals surface area contributed by atoms with Crippen LogP contribution in [0.15, 0.2) is 64.6 Å². The Morgan fingerprint density at radius 1 is 1.07 bits per heavy atom. The number of pyridine rings is 1. The van der Waals surface area contributed by atoms with Crippen LogP contribution in [-0.4, -0.2) is 30.6 Å². The molecule has 0 spiro atoms.